The molecule has 9 heteroatoms. The molecule has 2 aliphatic rings. The Morgan fingerprint density at radius 2 is 2.00 bits per heavy atom. The van der Waals surface area contributed by atoms with Gasteiger partial charge in [-0.15, -0.1) is 0 Å². The first-order valence-corrected chi connectivity index (χ1v) is 12.5. The van der Waals surface area contributed by atoms with E-state index in [1.165, 1.54) is 19.1 Å². The summed E-state index contributed by atoms with van der Waals surface area (Å²) in [6.45, 7) is 0.638. The number of nitrogens with one attached hydrogen (secondary N) is 1. The largest absolute Gasteiger partial charge is 0.330 e. The molecule has 2 atom stereocenters. The van der Waals surface area contributed by atoms with E-state index in [4.69, 9.17) is 21.7 Å². The van der Waals surface area contributed by atoms with Gasteiger partial charge in [0.2, 0.25) is 0 Å². The van der Waals surface area contributed by atoms with Crippen molar-refractivity contribution in [2.75, 3.05) is 17.5 Å². The van der Waals surface area contributed by atoms with E-state index in [1.807, 2.05) is 23.2 Å². The lowest BCUT2D eigenvalue weighted by Crippen LogP contribution is -2.39. The highest BCUT2D eigenvalue weighted by molar-refractivity contribution is 7.85. The molecule has 5 rings (SSSR count). The molecule has 7 nitrogen and oxygen atoms in total. The average Bonchev–Trinajstić information content (AvgIpc) is 3.52. The standard InChI is InChI=1S/C22H24ClN5O2S/c1-31(30)26-18-8-7-15(23)12-16(18)22(29)27-10-3-2-4-20(27)19-13-21-24-17(14-5-6-14)9-11-28(21)25-19/h7-9,11-14,20,26H,2-6,10H2,1H3. The van der Waals surface area contributed by atoms with Gasteiger partial charge in [0.15, 0.2) is 5.65 Å². The van der Waals surface area contributed by atoms with E-state index < -0.39 is 11.0 Å². The number of anilines is 1. The van der Waals surface area contributed by atoms with Crippen LogP contribution in [0.4, 0.5) is 5.69 Å². The number of hydrogen-bond acceptors (Lipinski definition) is 4. The van der Waals surface area contributed by atoms with Crippen molar-refractivity contribution in [1.29, 1.82) is 0 Å². The Morgan fingerprint density at radius 3 is 2.77 bits per heavy atom. The maximum Gasteiger partial charge on any atom is 0.256 e. The fourth-order valence-corrected chi connectivity index (χ4v) is 4.92. The predicted molar refractivity (Wildman–Crippen MR) is 122 cm³/mol. The highest BCUT2D eigenvalue weighted by atomic mass is 35.5. The van der Waals surface area contributed by atoms with Crippen LogP contribution < -0.4 is 4.72 Å². The number of halogens is 1. The number of carbonyl (C=O) groups is 1. The van der Waals surface area contributed by atoms with Crippen LogP contribution in [0.3, 0.4) is 0 Å². The van der Waals surface area contributed by atoms with Gasteiger partial charge in [0.1, 0.15) is 11.0 Å². The lowest BCUT2D eigenvalue weighted by atomic mass is 9.98. The monoisotopic (exact) mass is 457 g/mol. The van der Waals surface area contributed by atoms with Gasteiger partial charge in [0.25, 0.3) is 5.91 Å². The number of likely N-dealkylation sites (tertiary alicyclic amines) is 1. The minimum absolute atomic E-state index is 0.133. The zero-order chi connectivity index (χ0) is 21.5. The van der Waals surface area contributed by atoms with Crippen LogP contribution in [0.15, 0.2) is 36.5 Å². The third kappa shape index (κ3) is 4.19. The third-order valence-electron chi connectivity index (χ3n) is 5.93. The molecule has 1 N–H and O–H groups in total. The van der Waals surface area contributed by atoms with Crippen LogP contribution in [0.25, 0.3) is 5.65 Å². The van der Waals surface area contributed by atoms with Crippen molar-refractivity contribution in [3.05, 3.63) is 58.5 Å². The van der Waals surface area contributed by atoms with Crippen molar-refractivity contribution in [3.63, 3.8) is 0 Å². The summed E-state index contributed by atoms with van der Waals surface area (Å²) in [6.07, 6.45) is 8.71. The van der Waals surface area contributed by atoms with Gasteiger partial charge in [-0.25, -0.2) is 13.7 Å². The van der Waals surface area contributed by atoms with Crippen molar-refractivity contribution >= 4 is 39.8 Å². The SMILES string of the molecule is CS(=O)Nc1ccc(Cl)cc1C(=O)N1CCCCC1c1cc2nc(C3CC3)ccn2n1. The summed E-state index contributed by atoms with van der Waals surface area (Å²) in [6, 6.07) is 8.93. The summed E-state index contributed by atoms with van der Waals surface area (Å²) in [5.41, 5.74) is 3.74. The number of benzene rings is 1. The maximum atomic E-state index is 13.6. The predicted octanol–water partition coefficient (Wildman–Crippen LogP) is 4.33. The van der Waals surface area contributed by atoms with E-state index >= 15 is 0 Å². The van der Waals surface area contributed by atoms with Crippen molar-refractivity contribution in [1.82, 2.24) is 19.5 Å². The van der Waals surface area contributed by atoms with Gasteiger partial charge >= 0.3 is 0 Å². The number of amides is 1. The fourth-order valence-electron chi connectivity index (χ4n) is 4.26. The molecular weight excluding hydrogens is 434 g/mol. The molecule has 2 unspecified atom stereocenters. The molecule has 0 bridgehead atoms. The van der Waals surface area contributed by atoms with Crippen LogP contribution in [-0.4, -0.2) is 42.4 Å². The summed E-state index contributed by atoms with van der Waals surface area (Å²) < 4.78 is 16.4. The highest BCUT2D eigenvalue weighted by Crippen LogP contribution is 2.39. The smallest absolute Gasteiger partial charge is 0.256 e. The minimum atomic E-state index is -1.30. The molecular formula is C22H24ClN5O2S. The number of rotatable bonds is 5. The summed E-state index contributed by atoms with van der Waals surface area (Å²) >= 11 is 6.19. The first-order valence-electron chi connectivity index (χ1n) is 10.6. The van der Waals surface area contributed by atoms with E-state index in [9.17, 15) is 9.00 Å². The molecule has 2 fully saturated rings. The molecule has 0 spiro atoms. The van der Waals surface area contributed by atoms with Crippen LogP contribution in [0.2, 0.25) is 5.02 Å². The van der Waals surface area contributed by atoms with Crippen molar-refractivity contribution in [2.24, 2.45) is 0 Å². The Kier molecular flexibility index (Phi) is 5.44. The Labute approximate surface area is 188 Å². The van der Waals surface area contributed by atoms with Gasteiger partial charge in [-0.05, 0) is 56.4 Å². The molecule has 1 aliphatic heterocycles. The van der Waals surface area contributed by atoms with Gasteiger partial charge in [-0.1, -0.05) is 11.6 Å². The van der Waals surface area contributed by atoms with Crippen molar-refractivity contribution in [3.8, 4) is 0 Å². The highest BCUT2D eigenvalue weighted by Gasteiger charge is 2.32. The normalized spacial score (nSPS) is 20.1. The first-order chi connectivity index (χ1) is 15.0. The molecule has 1 amide bonds. The van der Waals surface area contributed by atoms with Gasteiger partial charge in [0, 0.05) is 41.7 Å². The summed E-state index contributed by atoms with van der Waals surface area (Å²) in [5.74, 6) is 0.442. The molecule has 1 aliphatic carbocycles. The summed E-state index contributed by atoms with van der Waals surface area (Å²) in [7, 11) is -1.30. The van der Waals surface area contributed by atoms with Crippen LogP contribution in [0, 0.1) is 0 Å². The second kappa shape index (κ2) is 8.24. The van der Waals surface area contributed by atoms with Crippen molar-refractivity contribution < 1.29 is 9.00 Å². The minimum Gasteiger partial charge on any atom is -0.330 e. The number of fused-ring (bicyclic) bond motifs is 1. The van der Waals surface area contributed by atoms with E-state index in [0.29, 0.717) is 28.7 Å². The van der Waals surface area contributed by atoms with Gasteiger partial charge in [0.05, 0.1) is 23.0 Å². The summed E-state index contributed by atoms with van der Waals surface area (Å²) in [4.78, 5) is 20.2. The molecule has 1 saturated carbocycles. The molecule has 0 radical (unpaired) electrons. The van der Waals surface area contributed by atoms with E-state index in [-0.39, 0.29) is 11.9 Å². The Bertz CT molecular complexity index is 1180. The fraction of sp³-hybridized carbons (Fsp3) is 0.409. The number of aromatic nitrogens is 3. The van der Waals surface area contributed by atoms with Crippen molar-refractivity contribution in [2.45, 2.75) is 44.1 Å². The number of piperidine rings is 1. The van der Waals surface area contributed by atoms with Gasteiger partial charge < -0.3 is 9.62 Å². The van der Waals surface area contributed by atoms with Crippen LogP contribution in [-0.2, 0) is 11.0 Å². The second-order valence-electron chi connectivity index (χ2n) is 8.25. The lowest BCUT2D eigenvalue weighted by molar-refractivity contribution is 0.0607. The Morgan fingerprint density at radius 1 is 1.16 bits per heavy atom. The number of hydrogen-bond donors (Lipinski definition) is 1. The zero-order valence-corrected chi connectivity index (χ0v) is 18.8. The van der Waals surface area contributed by atoms with Gasteiger partial charge in [-0.2, -0.15) is 5.10 Å². The quantitative estimate of drug-likeness (QED) is 0.618. The molecule has 162 valence electrons. The van der Waals surface area contributed by atoms with Crippen LogP contribution in [0.1, 0.15) is 65.8 Å². The molecule has 1 aromatic carbocycles. The molecule has 3 heterocycles. The topological polar surface area (TPSA) is 79.6 Å². The van der Waals surface area contributed by atoms with E-state index in [2.05, 4.69) is 4.72 Å². The molecule has 1 saturated heterocycles. The maximum absolute atomic E-state index is 13.6. The first kappa shape index (κ1) is 20.5. The van der Waals surface area contributed by atoms with Gasteiger partial charge in [-0.3, -0.25) is 4.79 Å². The average molecular weight is 458 g/mol. The summed E-state index contributed by atoms with van der Waals surface area (Å²) in [5, 5.41) is 5.21. The van der Waals surface area contributed by atoms with E-state index in [0.717, 1.165) is 36.3 Å². The molecule has 2 aromatic heterocycles. The van der Waals surface area contributed by atoms with E-state index in [1.54, 1.807) is 22.7 Å². The second-order valence-corrected chi connectivity index (χ2v) is 9.80. The molecule has 3 aromatic rings. The van der Waals surface area contributed by atoms with Crippen LogP contribution >= 0.6 is 11.6 Å². The Hall–Kier alpha value is -2.45. The number of carbonyl (C=O) groups excluding carboxylic acids is 1. The molecule has 31 heavy (non-hydrogen) atoms. The van der Waals surface area contributed by atoms with Crippen LogP contribution in [0.5, 0.6) is 0 Å². The third-order valence-corrected chi connectivity index (χ3v) is 6.67. The number of nitrogens with zero attached hydrogens (tertiary/aromatic N) is 4. The lowest BCUT2D eigenvalue weighted by Gasteiger charge is -2.35. The zero-order valence-electron chi connectivity index (χ0n) is 17.3. The Balaban J connectivity index is 1.48.